The van der Waals surface area contributed by atoms with E-state index in [2.05, 4.69) is 21.2 Å². The standard InChI is InChI=1S/C20H27BrN2O5/c1-13(2)6-9-27-19(25)11-17-20(26)22-7-8-23(17)18(24)12-28-15-4-5-16(21)14(3)10-15/h4-5,10,13,17H,6-9,11-12H2,1-3H3,(H,22,26). The van der Waals surface area contributed by atoms with E-state index in [1.807, 2.05) is 32.9 Å². The molecule has 154 valence electrons. The molecular weight excluding hydrogens is 428 g/mol. The van der Waals surface area contributed by atoms with Gasteiger partial charge in [-0.15, -0.1) is 0 Å². The lowest BCUT2D eigenvalue weighted by Crippen LogP contribution is -2.58. The van der Waals surface area contributed by atoms with Crippen LogP contribution in [0.1, 0.15) is 32.3 Å². The van der Waals surface area contributed by atoms with Crippen molar-refractivity contribution in [1.29, 1.82) is 0 Å². The minimum atomic E-state index is -0.872. The van der Waals surface area contributed by atoms with E-state index in [1.165, 1.54) is 4.90 Å². The van der Waals surface area contributed by atoms with E-state index in [0.29, 0.717) is 31.4 Å². The summed E-state index contributed by atoms with van der Waals surface area (Å²) in [5.74, 6) is -0.177. The number of carbonyl (C=O) groups excluding carboxylic acids is 3. The molecule has 1 aliphatic rings. The summed E-state index contributed by atoms with van der Waals surface area (Å²) in [6.45, 7) is 6.79. The van der Waals surface area contributed by atoms with Gasteiger partial charge in [0.1, 0.15) is 11.8 Å². The van der Waals surface area contributed by atoms with Crippen LogP contribution in [0, 0.1) is 12.8 Å². The quantitative estimate of drug-likeness (QED) is 0.609. The minimum Gasteiger partial charge on any atom is -0.484 e. The molecular formula is C20H27BrN2O5. The van der Waals surface area contributed by atoms with E-state index in [0.717, 1.165) is 16.5 Å². The van der Waals surface area contributed by atoms with Crippen LogP contribution in [0.2, 0.25) is 0 Å². The van der Waals surface area contributed by atoms with Crippen LogP contribution >= 0.6 is 15.9 Å². The van der Waals surface area contributed by atoms with Crippen molar-refractivity contribution < 1.29 is 23.9 Å². The van der Waals surface area contributed by atoms with Gasteiger partial charge in [-0.3, -0.25) is 14.4 Å². The summed E-state index contributed by atoms with van der Waals surface area (Å²) in [5.41, 5.74) is 0.990. The first-order chi connectivity index (χ1) is 13.3. The average Bonchev–Trinajstić information content (AvgIpc) is 2.63. The predicted molar refractivity (Wildman–Crippen MR) is 108 cm³/mol. The molecule has 8 heteroatoms. The Balaban J connectivity index is 1.93. The molecule has 1 N–H and O–H groups in total. The number of nitrogens with one attached hydrogen (secondary N) is 1. The Hall–Kier alpha value is -2.09. The largest absolute Gasteiger partial charge is 0.484 e. The highest BCUT2D eigenvalue weighted by Gasteiger charge is 2.35. The fraction of sp³-hybridized carbons (Fsp3) is 0.550. The number of carbonyl (C=O) groups is 3. The molecule has 0 spiro atoms. The summed E-state index contributed by atoms with van der Waals surface area (Å²) in [6.07, 6.45) is 0.596. The molecule has 0 radical (unpaired) electrons. The van der Waals surface area contributed by atoms with Crippen molar-refractivity contribution >= 4 is 33.7 Å². The van der Waals surface area contributed by atoms with Gasteiger partial charge in [0.15, 0.2) is 6.61 Å². The lowest BCUT2D eigenvalue weighted by Gasteiger charge is -2.34. The van der Waals surface area contributed by atoms with Crippen LogP contribution in [0.15, 0.2) is 22.7 Å². The van der Waals surface area contributed by atoms with Crippen LogP contribution in [-0.4, -0.2) is 55.0 Å². The summed E-state index contributed by atoms with van der Waals surface area (Å²) in [4.78, 5) is 38.3. The van der Waals surface area contributed by atoms with Crippen LogP contribution in [0.25, 0.3) is 0 Å². The van der Waals surface area contributed by atoms with Gasteiger partial charge in [0, 0.05) is 17.6 Å². The number of rotatable bonds is 8. The number of esters is 1. The normalized spacial score (nSPS) is 16.7. The van der Waals surface area contributed by atoms with Crippen molar-refractivity contribution in [3.05, 3.63) is 28.2 Å². The Labute approximate surface area is 173 Å². The predicted octanol–water partition coefficient (Wildman–Crippen LogP) is 2.44. The van der Waals surface area contributed by atoms with Crippen molar-refractivity contribution in [2.24, 2.45) is 5.92 Å². The van der Waals surface area contributed by atoms with Crippen LogP contribution in [0.3, 0.4) is 0 Å². The molecule has 0 bridgehead atoms. The third-order valence-corrected chi connectivity index (χ3v) is 5.35. The molecule has 0 aromatic heterocycles. The van der Waals surface area contributed by atoms with Crippen molar-refractivity contribution in [2.75, 3.05) is 26.3 Å². The van der Waals surface area contributed by atoms with Gasteiger partial charge in [0.25, 0.3) is 5.91 Å². The zero-order valence-electron chi connectivity index (χ0n) is 16.5. The topological polar surface area (TPSA) is 84.9 Å². The summed E-state index contributed by atoms with van der Waals surface area (Å²) in [5, 5.41) is 2.70. The van der Waals surface area contributed by atoms with Crippen LogP contribution in [0.5, 0.6) is 5.75 Å². The van der Waals surface area contributed by atoms with E-state index in [9.17, 15) is 14.4 Å². The molecule has 1 aliphatic heterocycles. The summed E-state index contributed by atoms with van der Waals surface area (Å²) >= 11 is 3.42. The van der Waals surface area contributed by atoms with Gasteiger partial charge in [0.2, 0.25) is 5.91 Å². The fourth-order valence-electron chi connectivity index (χ4n) is 2.78. The molecule has 7 nitrogen and oxygen atoms in total. The minimum absolute atomic E-state index is 0.160. The van der Waals surface area contributed by atoms with Crippen molar-refractivity contribution in [2.45, 2.75) is 39.7 Å². The number of amides is 2. The lowest BCUT2D eigenvalue weighted by atomic mass is 10.1. The molecule has 1 heterocycles. The maximum absolute atomic E-state index is 12.6. The Morgan fingerprint density at radius 1 is 1.36 bits per heavy atom. The summed E-state index contributed by atoms with van der Waals surface area (Å²) in [6, 6.07) is 4.56. The van der Waals surface area contributed by atoms with Crippen molar-refractivity contribution in [3.63, 3.8) is 0 Å². The van der Waals surface area contributed by atoms with Gasteiger partial charge >= 0.3 is 5.97 Å². The zero-order chi connectivity index (χ0) is 20.7. The lowest BCUT2D eigenvalue weighted by molar-refractivity contribution is -0.152. The highest BCUT2D eigenvalue weighted by Crippen LogP contribution is 2.22. The smallest absolute Gasteiger partial charge is 0.308 e. The molecule has 1 unspecified atom stereocenters. The molecule has 1 aromatic carbocycles. The van der Waals surface area contributed by atoms with Crippen LogP contribution in [0.4, 0.5) is 0 Å². The molecule has 1 aromatic rings. The van der Waals surface area contributed by atoms with E-state index in [4.69, 9.17) is 9.47 Å². The van der Waals surface area contributed by atoms with E-state index < -0.39 is 12.0 Å². The molecule has 2 rings (SSSR count). The SMILES string of the molecule is Cc1cc(OCC(=O)N2CCNC(=O)C2CC(=O)OCCC(C)C)ccc1Br. The number of aryl methyl sites for hydroxylation is 1. The molecule has 0 saturated carbocycles. The number of hydrogen-bond donors (Lipinski definition) is 1. The number of ether oxygens (including phenoxy) is 2. The van der Waals surface area contributed by atoms with Gasteiger partial charge in [-0.1, -0.05) is 29.8 Å². The monoisotopic (exact) mass is 454 g/mol. The second-order valence-electron chi connectivity index (χ2n) is 7.20. The first kappa shape index (κ1) is 22.2. The molecule has 2 amide bonds. The average molecular weight is 455 g/mol. The number of halogens is 1. The molecule has 1 saturated heterocycles. The van der Waals surface area contributed by atoms with Crippen molar-refractivity contribution in [1.82, 2.24) is 10.2 Å². The van der Waals surface area contributed by atoms with Gasteiger partial charge in [-0.25, -0.2) is 0 Å². The maximum atomic E-state index is 12.6. The third-order valence-electron chi connectivity index (χ3n) is 4.46. The van der Waals surface area contributed by atoms with Gasteiger partial charge in [0.05, 0.1) is 13.0 Å². The summed E-state index contributed by atoms with van der Waals surface area (Å²) in [7, 11) is 0. The highest BCUT2D eigenvalue weighted by molar-refractivity contribution is 9.10. The van der Waals surface area contributed by atoms with Gasteiger partial charge < -0.3 is 19.7 Å². The number of nitrogens with zero attached hydrogens (tertiary/aromatic N) is 1. The first-order valence-electron chi connectivity index (χ1n) is 9.39. The fourth-order valence-corrected chi connectivity index (χ4v) is 3.02. The van der Waals surface area contributed by atoms with E-state index in [-0.39, 0.29) is 24.8 Å². The second-order valence-corrected chi connectivity index (χ2v) is 8.06. The Morgan fingerprint density at radius 2 is 2.11 bits per heavy atom. The van der Waals surface area contributed by atoms with Crippen LogP contribution in [-0.2, 0) is 19.1 Å². The van der Waals surface area contributed by atoms with Gasteiger partial charge in [-0.2, -0.15) is 0 Å². The van der Waals surface area contributed by atoms with Crippen LogP contribution < -0.4 is 10.1 Å². The highest BCUT2D eigenvalue weighted by atomic mass is 79.9. The summed E-state index contributed by atoms with van der Waals surface area (Å²) < 4.78 is 11.7. The Bertz CT molecular complexity index is 723. The Kier molecular flexibility index (Phi) is 8.29. The molecule has 1 atom stereocenters. The third kappa shape index (κ3) is 6.51. The number of piperazine rings is 1. The Morgan fingerprint density at radius 3 is 2.79 bits per heavy atom. The van der Waals surface area contributed by atoms with Crippen molar-refractivity contribution in [3.8, 4) is 5.75 Å². The number of hydrogen-bond acceptors (Lipinski definition) is 5. The zero-order valence-corrected chi connectivity index (χ0v) is 18.1. The maximum Gasteiger partial charge on any atom is 0.308 e. The molecule has 0 aliphatic carbocycles. The van der Waals surface area contributed by atoms with Gasteiger partial charge in [-0.05, 0) is 43.0 Å². The first-order valence-corrected chi connectivity index (χ1v) is 10.2. The second kappa shape index (κ2) is 10.5. The van der Waals surface area contributed by atoms with E-state index >= 15 is 0 Å². The molecule has 28 heavy (non-hydrogen) atoms. The van der Waals surface area contributed by atoms with E-state index in [1.54, 1.807) is 6.07 Å². The molecule has 1 fully saturated rings. The number of benzene rings is 1.